The first kappa shape index (κ1) is 13.9. The fourth-order valence-corrected chi connectivity index (χ4v) is 2.91. The average Bonchev–Trinajstić information content (AvgIpc) is 2.31. The SMILES string of the molecule is Fc1ccccc1CC(Cl)c1cc(Cl)cc(Br)c1. The summed E-state index contributed by atoms with van der Waals surface area (Å²) in [6, 6.07) is 12.1. The van der Waals surface area contributed by atoms with Gasteiger partial charge in [-0.2, -0.15) is 0 Å². The minimum atomic E-state index is -0.308. The van der Waals surface area contributed by atoms with Crippen LogP contribution in [0.5, 0.6) is 0 Å². The van der Waals surface area contributed by atoms with E-state index in [4.69, 9.17) is 23.2 Å². The molecule has 2 aromatic carbocycles. The van der Waals surface area contributed by atoms with E-state index in [1.807, 2.05) is 6.07 Å². The Morgan fingerprint density at radius 2 is 1.89 bits per heavy atom. The van der Waals surface area contributed by atoms with Crippen molar-refractivity contribution in [1.29, 1.82) is 0 Å². The molecule has 0 aliphatic carbocycles. The van der Waals surface area contributed by atoms with Crippen molar-refractivity contribution in [1.82, 2.24) is 0 Å². The highest BCUT2D eigenvalue weighted by Gasteiger charge is 2.12. The largest absolute Gasteiger partial charge is 0.207 e. The molecule has 0 fully saturated rings. The van der Waals surface area contributed by atoms with Crippen molar-refractivity contribution in [2.75, 3.05) is 0 Å². The van der Waals surface area contributed by atoms with E-state index in [1.165, 1.54) is 6.07 Å². The number of hydrogen-bond acceptors (Lipinski definition) is 0. The first-order valence-corrected chi connectivity index (χ1v) is 7.00. The summed E-state index contributed by atoms with van der Waals surface area (Å²) < 4.78 is 14.4. The van der Waals surface area contributed by atoms with Crippen molar-refractivity contribution in [3.8, 4) is 0 Å². The van der Waals surface area contributed by atoms with Gasteiger partial charge in [0.15, 0.2) is 0 Å². The smallest absolute Gasteiger partial charge is 0.126 e. The van der Waals surface area contributed by atoms with Crippen molar-refractivity contribution in [3.63, 3.8) is 0 Å². The molecule has 0 saturated heterocycles. The van der Waals surface area contributed by atoms with Crippen molar-refractivity contribution < 1.29 is 4.39 Å². The second-order valence-corrected chi connectivity index (χ2v) is 5.84. The van der Waals surface area contributed by atoms with E-state index in [2.05, 4.69) is 15.9 Å². The average molecular weight is 348 g/mol. The third kappa shape index (κ3) is 3.47. The fraction of sp³-hybridized carbons (Fsp3) is 0.143. The Hall–Kier alpha value is -0.570. The van der Waals surface area contributed by atoms with Crippen LogP contribution in [0.1, 0.15) is 16.5 Å². The lowest BCUT2D eigenvalue weighted by Gasteiger charge is -2.11. The minimum absolute atomic E-state index is 0.232. The summed E-state index contributed by atoms with van der Waals surface area (Å²) in [7, 11) is 0. The van der Waals surface area contributed by atoms with Crippen LogP contribution in [0.25, 0.3) is 0 Å². The second-order valence-electron chi connectivity index (χ2n) is 3.97. The zero-order valence-electron chi connectivity index (χ0n) is 9.34. The summed E-state index contributed by atoms with van der Waals surface area (Å²) >= 11 is 15.6. The third-order valence-electron chi connectivity index (χ3n) is 2.60. The van der Waals surface area contributed by atoms with Crippen molar-refractivity contribution in [2.45, 2.75) is 11.8 Å². The number of benzene rings is 2. The van der Waals surface area contributed by atoms with Crippen LogP contribution in [-0.4, -0.2) is 0 Å². The number of rotatable bonds is 3. The molecular weight excluding hydrogens is 338 g/mol. The van der Waals surface area contributed by atoms with Crippen LogP contribution < -0.4 is 0 Å². The zero-order chi connectivity index (χ0) is 13.1. The summed E-state index contributed by atoms with van der Waals surface area (Å²) in [4.78, 5) is 0. The molecule has 0 heterocycles. The van der Waals surface area contributed by atoms with Crippen LogP contribution in [0.2, 0.25) is 5.02 Å². The van der Waals surface area contributed by atoms with Gasteiger partial charge in [-0.05, 0) is 41.8 Å². The van der Waals surface area contributed by atoms with Crippen molar-refractivity contribution in [2.24, 2.45) is 0 Å². The van der Waals surface area contributed by atoms with Gasteiger partial charge in [-0.15, -0.1) is 11.6 Å². The normalized spacial score (nSPS) is 12.4. The molecule has 0 spiro atoms. The molecule has 0 saturated carbocycles. The second kappa shape index (κ2) is 6.05. The molecule has 0 aliphatic rings. The predicted molar refractivity (Wildman–Crippen MR) is 77.9 cm³/mol. The van der Waals surface area contributed by atoms with Gasteiger partial charge in [-0.25, -0.2) is 4.39 Å². The van der Waals surface area contributed by atoms with Gasteiger partial charge in [0.25, 0.3) is 0 Å². The van der Waals surface area contributed by atoms with E-state index in [1.54, 1.807) is 30.3 Å². The molecule has 0 bridgehead atoms. The number of halogens is 4. The van der Waals surface area contributed by atoms with Crippen molar-refractivity contribution in [3.05, 3.63) is 68.9 Å². The maximum absolute atomic E-state index is 13.5. The summed E-state index contributed by atoms with van der Waals surface area (Å²) in [6.07, 6.45) is 0.432. The molecule has 0 nitrogen and oxygen atoms in total. The lowest BCUT2D eigenvalue weighted by Crippen LogP contribution is -1.98. The standard InChI is InChI=1S/C14H10BrCl2F/c15-11-5-10(6-12(16)8-11)13(17)7-9-3-1-2-4-14(9)18/h1-6,8,13H,7H2. The topological polar surface area (TPSA) is 0 Å². The quantitative estimate of drug-likeness (QED) is 0.619. The van der Waals surface area contributed by atoms with E-state index in [-0.39, 0.29) is 11.2 Å². The van der Waals surface area contributed by atoms with Gasteiger partial charge in [-0.3, -0.25) is 0 Å². The molecule has 1 unspecified atom stereocenters. The third-order valence-corrected chi connectivity index (χ3v) is 3.69. The summed E-state index contributed by atoms with van der Waals surface area (Å²) in [5, 5.41) is 0.301. The van der Waals surface area contributed by atoms with Gasteiger partial charge in [0.05, 0.1) is 5.38 Å². The van der Waals surface area contributed by atoms with E-state index in [0.717, 1.165) is 10.0 Å². The Labute approximate surface area is 124 Å². The van der Waals surface area contributed by atoms with Gasteiger partial charge in [0.2, 0.25) is 0 Å². The monoisotopic (exact) mass is 346 g/mol. The van der Waals surface area contributed by atoms with Crippen LogP contribution in [0.4, 0.5) is 4.39 Å². The minimum Gasteiger partial charge on any atom is -0.207 e. The molecule has 94 valence electrons. The lowest BCUT2D eigenvalue weighted by molar-refractivity contribution is 0.607. The molecule has 0 aromatic heterocycles. The van der Waals surface area contributed by atoms with Crippen LogP contribution >= 0.6 is 39.1 Å². The molecule has 0 N–H and O–H groups in total. The van der Waals surface area contributed by atoms with Gasteiger partial charge in [0, 0.05) is 9.50 Å². The first-order valence-electron chi connectivity index (χ1n) is 5.40. The first-order chi connectivity index (χ1) is 8.56. The molecule has 0 aliphatic heterocycles. The summed E-state index contributed by atoms with van der Waals surface area (Å²) in [5.74, 6) is -0.232. The molecule has 4 heteroatoms. The van der Waals surface area contributed by atoms with Crippen LogP contribution in [0, 0.1) is 5.82 Å². The highest BCUT2D eigenvalue weighted by atomic mass is 79.9. The van der Waals surface area contributed by atoms with E-state index >= 15 is 0 Å². The Bertz CT molecular complexity index is 537. The van der Waals surface area contributed by atoms with E-state index in [9.17, 15) is 4.39 Å². The van der Waals surface area contributed by atoms with Gasteiger partial charge in [-0.1, -0.05) is 45.7 Å². The molecule has 0 radical (unpaired) electrons. The maximum atomic E-state index is 13.5. The summed E-state index contributed by atoms with van der Waals surface area (Å²) in [5.41, 5.74) is 1.48. The van der Waals surface area contributed by atoms with Gasteiger partial charge >= 0.3 is 0 Å². The van der Waals surface area contributed by atoms with Crippen LogP contribution in [0.3, 0.4) is 0 Å². The molecular formula is C14H10BrCl2F. The summed E-state index contributed by atoms with van der Waals surface area (Å²) in [6.45, 7) is 0. The number of alkyl halides is 1. The maximum Gasteiger partial charge on any atom is 0.126 e. The van der Waals surface area contributed by atoms with Gasteiger partial charge < -0.3 is 0 Å². The van der Waals surface area contributed by atoms with Crippen LogP contribution in [-0.2, 0) is 6.42 Å². The zero-order valence-corrected chi connectivity index (χ0v) is 12.4. The Kier molecular flexibility index (Phi) is 4.66. The Balaban J connectivity index is 2.22. The Morgan fingerprint density at radius 3 is 2.56 bits per heavy atom. The lowest BCUT2D eigenvalue weighted by atomic mass is 10.0. The van der Waals surface area contributed by atoms with Gasteiger partial charge in [0.1, 0.15) is 5.82 Å². The van der Waals surface area contributed by atoms with E-state index in [0.29, 0.717) is 17.0 Å². The predicted octanol–water partition coefficient (Wildman–Crippen LogP) is 5.76. The molecule has 2 aromatic rings. The number of hydrogen-bond donors (Lipinski definition) is 0. The van der Waals surface area contributed by atoms with E-state index < -0.39 is 0 Å². The molecule has 0 amide bonds. The Morgan fingerprint density at radius 1 is 1.17 bits per heavy atom. The molecule has 2 rings (SSSR count). The van der Waals surface area contributed by atoms with Crippen LogP contribution in [0.15, 0.2) is 46.9 Å². The molecule has 1 atom stereocenters. The fourth-order valence-electron chi connectivity index (χ4n) is 1.73. The highest BCUT2D eigenvalue weighted by Crippen LogP contribution is 2.30. The van der Waals surface area contributed by atoms with Crippen molar-refractivity contribution >= 4 is 39.1 Å². The highest BCUT2D eigenvalue weighted by molar-refractivity contribution is 9.10. The molecule has 18 heavy (non-hydrogen) atoms.